The third kappa shape index (κ3) is 1.92. The van der Waals surface area contributed by atoms with Crippen LogP contribution in [0.5, 0.6) is 0 Å². The Morgan fingerprint density at radius 3 is 2.80 bits per heavy atom. The van der Waals surface area contributed by atoms with Gasteiger partial charge in [-0.05, 0) is 45.6 Å². The lowest BCUT2D eigenvalue weighted by atomic mass is 9.84. The molecule has 0 aromatic carbocycles. The van der Waals surface area contributed by atoms with E-state index in [0.717, 1.165) is 25.3 Å². The lowest BCUT2D eigenvalue weighted by molar-refractivity contribution is 0.0601. The molecule has 20 heavy (non-hydrogen) atoms. The normalized spacial score (nSPS) is 27.7. The van der Waals surface area contributed by atoms with Gasteiger partial charge in [0.15, 0.2) is 0 Å². The third-order valence-electron chi connectivity index (χ3n) is 4.94. The Kier molecular flexibility index (Phi) is 3.05. The number of hydrogen-bond donors (Lipinski definition) is 1. The average molecular weight is 274 g/mol. The second-order valence-electron chi connectivity index (χ2n) is 6.58. The van der Waals surface area contributed by atoms with Crippen LogP contribution >= 0.6 is 0 Å². The molecule has 2 fully saturated rings. The predicted molar refractivity (Wildman–Crippen MR) is 76.5 cm³/mol. The Balaban J connectivity index is 1.93. The number of rotatable bonds is 1. The monoisotopic (exact) mass is 274 g/mol. The van der Waals surface area contributed by atoms with Crippen molar-refractivity contribution in [2.45, 2.75) is 33.2 Å². The summed E-state index contributed by atoms with van der Waals surface area (Å²) in [5.74, 6) is 1.22. The van der Waals surface area contributed by atoms with Crippen LogP contribution in [0.4, 0.5) is 0 Å². The highest BCUT2D eigenvalue weighted by Crippen LogP contribution is 2.41. The molecule has 108 valence electrons. The first-order valence-electron chi connectivity index (χ1n) is 7.25. The van der Waals surface area contributed by atoms with Gasteiger partial charge in [-0.25, -0.2) is 0 Å². The summed E-state index contributed by atoms with van der Waals surface area (Å²) in [5, 5.41) is 11.5. The third-order valence-corrected chi connectivity index (χ3v) is 4.94. The SMILES string of the molecule is Cc1cc(C(=O)N2CC3CNCC3C2(C)C)c(C)nn1. The van der Waals surface area contributed by atoms with Crippen molar-refractivity contribution in [2.75, 3.05) is 19.6 Å². The van der Waals surface area contributed by atoms with Crippen LogP contribution in [0.3, 0.4) is 0 Å². The van der Waals surface area contributed by atoms with Gasteiger partial charge in [-0.3, -0.25) is 4.79 Å². The molecule has 3 rings (SSSR count). The summed E-state index contributed by atoms with van der Waals surface area (Å²) in [5.41, 5.74) is 2.09. The van der Waals surface area contributed by atoms with Gasteiger partial charge in [0.05, 0.1) is 17.0 Å². The van der Waals surface area contributed by atoms with Gasteiger partial charge in [-0.2, -0.15) is 10.2 Å². The average Bonchev–Trinajstić information content (AvgIpc) is 2.94. The molecule has 0 spiro atoms. The van der Waals surface area contributed by atoms with E-state index in [1.807, 2.05) is 24.8 Å². The molecule has 0 bridgehead atoms. The van der Waals surface area contributed by atoms with Crippen LogP contribution in [-0.4, -0.2) is 46.2 Å². The molecular weight excluding hydrogens is 252 g/mol. The second-order valence-corrected chi connectivity index (χ2v) is 6.58. The summed E-state index contributed by atoms with van der Waals surface area (Å²) >= 11 is 0. The van der Waals surface area contributed by atoms with Crippen molar-refractivity contribution in [3.05, 3.63) is 23.0 Å². The number of fused-ring (bicyclic) bond motifs is 1. The Morgan fingerprint density at radius 1 is 1.35 bits per heavy atom. The number of carbonyl (C=O) groups is 1. The first kappa shape index (κ1) is 13.5. The molecule has 1 aromatic rings. The molecule has 5 heteroatoms. The van der Waals surface area contributed by atoms with Crippen LogP contribution in [-0.2, 0) is 0 Å². The molecule has 2 atom stereocenters. The topological polar surface area (TPSA) is 58.1 Å². The van der Waals surface area contributed by atoms with Crippen molar-refractivity contribution < 1.29 is 4.79 Å². The van der Waals surface area contributed by atoms with E-state index in [1.165, 1.54) is 0 Å². The van der Waals surface area contributed by atoms with Gasteiger partial charge < -0.3 is 10.2 Å². The van der Waals surface area contributed by atoms with Crippen molar-refractivity contribution in [1.29, 1.82) is 0 Å². The maximum absolute atomic E-state index is 12.9. The summed E-state index contributed by atoms with van der Waals surface area (Å²) in [7, 11) is 0. The summed E-state index contributed by atoms with van der Waals surface area (Å²) in [6, 6.07) is 1.85. The number of nitrogens with one attached hydrogen (secondary N) is 1. The van der Waals surface area contributed by atoms with Crippen molar-refractivity contribution in [3.8, 4) is 0 Å². The van der Waals surface area contributed by atoms with Gasteiger partial charge in [0.25, 0.3) is 5.91 Å². The lowest BCUT2D eigenvalue weighted by Crippen LogP contribution is -2.47. The fraction of sp³-hybridized carbons (Fsp3) is 0.667. The molecule has 2 aliphatic heterocycles. The van der Waals surface area contributed by atoms with E-state index in [0.29, 0.717) is 23.1 Å². The quantitative estimate of drug-likeness (QED) is 0.835. The highest BCUT2D eigenvalue weighted by molar-refractivity contribution is 5.96. The number of aryl methyl sites for hydroxylation is 2. The van der Waals surface area contributed by atoms with Gasteiger partial charge in [0.2, 0.25) is 0 Å². The molecule has 1 amide bonds. The molecular formula is C15H22N4O. The van der Waals surface area contributed by atoms with E-state index in [9.17, 15) is 4.79 Å². The van der Waals surface area contributed by atoms with Crippen LogP contribution in [0.2, 0.25) is 0 Å². The van der Waals surface area contributed by atoms with Crippen LogP contribution in [0.1, 0.15) is 35.6 Å². The van der Waals surface area contributed by atoms with Gasteiger partial charge in [0.1, 0.15) is 0 Å². The van der Waals surface area contributed by atoms with Crippen molar-refractivity contribution in [3.63, 3.8) is 0 Å². The minimum atomic E-state index is -0.102. The molecule has 0 saturated carbocycles. The Hall–Kier alpha value is -1.49. The largest absolute Gasteiger partial charge is 0.333 e. The Morgan fingerprint density at radius 2 is 2.10 bits per heavy atom. The van der Waals surface area contributed by atoms with Crippen LogP contribution in [0, 0.1) is 25.7 Å². The van der Waals surface area contributed by atoms with Crippen molar-refractivity contribution in [2.24, 2.45) is 11.8 Å². The van der Waals surface area contributed by atoms with E-state index in [2.05, 4.69) is 29.4 Å². The Bertz CT molecular complexity index is 555. The predicted octanol–water partition coefficient (Wildman–Crippen LogP) is 1.16. The lowest BCUT2D eigenvalue weighted by Gasteiger charge is -2.35. The number of nitrogens with zero attached hydrogens (tertiary/aromatic N) is 3. The number of hydrogen-bond acceptors (Lipinski definition) is 4. The zero-order valence-electron chi connectivity index (χ0n) is 12.6. The molecule has 0 aliphatic carbocycles. The standard InChI is InChI=1S/C15H22N4O/c1-9-5-12(10(2)18-17-9)14(20)19-8-11-6-16-7-13(11)15(19,3)4/h5,11,13,16H,6-8H2,1-4H3. The minimum absolute atomic E-state index is 0.0971. The molecule has 5 nitrogen and oxygen atoms in total. The zero-order valence-corrected chi connectivity index (χ0v) is 12.6. The van der Waals surface area contributed by atoms with Crippen LogP contribution < -0.4 is 5.32 Å². The van der Waals surface area contributed by atoms with Crippen molar-refractivity contribution >= 4 is 5.91 Å². The maximum Gasteiger partial charge on any atom is 0.256 e. The summed E-state index contributed by atoms with van der Waals surface area (Å²) in [6.07, 6.45) is 0. The van der Waals surface area contributed by atoms with Gasteiger partial charge in [-0.15, -0.1) is 0 Å². The van der Waals surface area contributed by atoms with E-state index in [1.54, 1.807) is 0 Å². The number of carbonyl (C=O) groups excluding carboxylic acids is 1. The zero-order chi connectivity index (χ0) is 14.5. The maximum atomic E-state index is 12.9. The molecule has 2 aliphatic rings. The molecule has 0 radical (unpaired) electrons. The molecule has 1 N–H and O–H groups in total. The fourth-order valence-corrected chi connectivity index (χ4v) is 3.68. The van der Waals surface area contributed by atoms with Gasteiger partial charge in [0, 0.05) is 25.2 Å². The van der Waals surface area contributed by atoms with Crippen molar-refractivity contribution in [1.82, 2.24) is 20.4 Å². The van der Waals surface area contributed by atoms with Gasteiger partial charge in [-0.1, -0.05) is 0 Å². The van der Waals surface area contributed by atoms with E-state index < -0.39 is 0 Å². The first-order chi connectivity index (χ1) is 9.41. The highest BCUT2D eigenvalue weighted by Gasteiger charge is 2.51. The number of amides is 1. The number of likely N-dealkylation sites (tertiary alicyclic amines) is 1. The smallest absolute Gasteiger partial charge is 0.256 e. The highest BCUT2D eigenvalue weighted by atomic mass is 16.2. The van der Waals surface area contributed by atoms with Gasteiger partial charge >= 0.3 is 0 Å². The second kappa shape index (κ2) is 4.52. The first-order valence-corrected chi connectivity index (χ1v) is 7.25. The van der Waals surface area contributed by atoms with E-state index in [-0.39, 0.29) is 11.4 Å². The summed E-state index contributed by atoms with van der Waals surface area (Å²) < 4.78 is 0. The minimum Gasteiger partial charge on any atom is -0.333 e. The number of aromatic nitrogens is 2. The molecule has 2 unspecified atom stereocenters. The molecule has 2 saturated heterocycles. The van der Waals surface area contributed by atoms with Crippen LogP contribution in [0.25, 0.3) is 0 Å². The molecule has 3 heterocycles. The van der Waals surface area contributed by atoms with E-state index in [4.69, 9.17) is 0 Å². The fourth-order valence-electron chi connectivity index (χ4n) is 3.68. The molecule has 1 aromatic heterocycles. The van der Waals surface area contributed by atoms with E-state index >= 15 is 0 Å². The summed E-state index contributed by atoms with van der Waals surface area (Å²) in [6.45, 7) is 10.9. The summed E-state index contributed by atoms with van der Waals surface area (Å²) in [4.78, 5) is 14.9. The Labute approximate surface area is 119 Å². The van der Waals surface area contributed by atoms with Crippen LogP contribution in [0.15, 0.2) is 6.07 Å².